The number of phenolic OH excluding ortho intramolecular Hbond substituents is 1. The molecule has 17 rings (SSSR count). The van der Waals surface area contributed by atoms with Gasteiger partial charge in [-0.3, -0.25) is 19.9 Å². The monoisotopic (exact) mass is 1960 g/mol. The molecule has 7 aromatic carbocycles. The van der Waals surface area contributed by atoms with Crippen LogP contribution in [0.4, 0.5) is 0 Å². The normalized spacial score (nSPS) is 13.7. The van der Waals surface area contributed by atoms with Crippen LogP contribution in [-0.4, -0.2) is 246 Å². The van der Waals surface area contributed by atoms with Gasteiger partial charge in [-0.25, -0.2) is 38.9 Å². The predicted molar refractivity (Wildman–Crippen MR) is 545 cm³/mol. The number of fused-ring (bicyclic) bond motifs is 4. The fourth-order valence-electron chi connectivity index (χ4n) is 15.9. The van der Waals surface area contributed by atoms with Gasteiger partial charge in [0.1, 0.15) is 76.2 Å². The number of nitrogens with zero attached hydrogens (tertiary/aromatic N) is 13. The van der Waals surface area contributed by atoms with E-state index in [0.29, 0.717) is 101 Å². The Kier molecular flexibility index (Phi) is 31.8. The van der Waals surface area contributed by atoms with Crippen LogP contribution in [0.1, 0.15) is 72.6 Å². The third kappa shape index (κ3) is 22.9. The van der Waals surface area contributed by atoms with E-state index in [-0.39, 0.29) is 50.1 Å². The molecule has 0 spiro atoms. The molecular formula is C101H113BCl3N15O16Si2. The molecule has 0 atom stereocenters. The number of likely N-dealkylation sites (N-methyl/N-ethyl adjacent to an activating group) is 1. The van der Waals surface area contributed by atoms with Gasteiger partial charge >= 0.3 is 19.1 Å². The van der Waals surface area contributed by atoms with E-state index >= 15 is 0 Å². The van der Waals surface area contributed by atoms with E-state index in [4.69, 9.17) is 87.7 Å². The number of carboxylic acids is 2. The van der Waals surface area contributed by atoms with Gasteiger partial charge in [0.05, 0.1) is 71.7 Å². The van der Waals surface area contributed by atoms with Gasteiger partial charge in [0.15, 0.2) is 22.6 Å². The summed E-state index contributed by atoms with van der Waals surface area (Å²) < 4.78 is 50.2. The molecule has 1 amide bonds. The Morgan fingerprint density at radius 3 is 1.23 bits per heavy atom. The molecular weight excluding hydrogens is 1850 g/mol. The number of aromatic carboxylic acids is 2. The van der Waals surface area contributed by atoms with Gasteiger partial charge < -0.3 is 73.1 Å². The standard InChI is InChI=1S/C30H35ClN6O3.C26H28ClN3O5Si.C25H36BN3O4Si.C20H14ClN3O4/c1-4-35(5-2)10-11-36-12-14-37(15-13-36)30(39)24-16-20(18-25(31)28(24)38)21-17-23-27(33-34-29(23)32-19-21)22-8-6-7-9-26(22)40-3;1-34-22-8-6-5-7-18(22)23-19-12-17(16-11-20(26(32)33)24(31)21(27)13-16)14-28-25(19)30(29-23)15-35-9-10-36(2,3)4;1-24(2)25(3,4)33-26(32-24)18-15-20-22(19-11-9-10-12-21(19)30-5)28-29(23(20)27-16-18)17-31-13-14-34(6,7)8;1-28-16-5-3-2-4-12(16)17-13-7-11(9-22-19(13)24-23-17)10-6-14(20(26)27)18(25)15(21)8-10/h6-9,16-19,38H,4-5,10-15H2,1-3H3,(H,32,33,34);5-8,11-14,31H,9-10,15H2,1-4H3,(H,32,33);9-12,15-16H,13-14,17H2,1-8H3;2-9,25H,1H3,(H,26,27)(H,22,23,24). The van der Waals surface area contributed by atoms with Crippen LogP contribution in [0.15, 0.2) is 183 Å². The molecule has 720 valence electrons. The molecule has 37 heteroatoms. The first kappa shape index (κ1) is 101. The summed E-state index contributed by atoms with van der Waals surface area (Å²) in [6, 6.07) is 49.6. The highest BCUT2D eigenvalue weighted by Gasteiger charge is 2.52. The predicted octanol–water partition coefficient (Wildman–Crippen LogP) is 20.0. The minimum Gasteiger partial charge on any atom is -0.506 e. The van der Waals surface area contributed by atoms with E-state index in [1.54, 1.807) is 68.7 Å². The van der Waals surface area contributed by atoms with Crippen molar-refractivity contribution in [2.45, 2.75) is 118 Å². The van der Waals surface area contributed by atoms with Crippen LogP contribution in [0.3, 0.4) is 0 Å². The van der Waals surface area contributed by atoms with Crippen LogP contribution in [0.5, 0.6) is 40.2 Å². The van der Waals surface area contributed by atoms with Gasteiger partial charge in [-0.05, 0) is 179 Å². The molecule has 0 bridgehead atoms. The summed E-state index contributed by atoms with van der Waals surface area (Å²) in [5, 5.41) is 77.0. The van der Waals surface area contributed by atoms with E-state index in [0.717, 1.165) is 135 Å². The number of hydrogen-bond donors (Lipinski definition) is 7. The molecule has 2 aliphatic heterocycles. The lowest BCUT2D eigenvalue weighted by Crippen LogP contribution is -2.50. The topological polar surface area (TPSA) is 380 Å². The smallest absolute Gasteiger partial charge is 0.496 e. The summed E-state index contributed by atoms with van der Waals surface area (Å²) in [6.07, 6.45) is 6.71. The van der Waals surface area contributed by atoms with Crippen LogP contribution in [-0.2, 0) is 32.2 Å². The maximum absolute atomic E-state index is 13.5. The lowest BCUT2D eigenvalue weighted by atomic mass is 9.80. The molecule has 0 aliphatic carbocycles. The number of piperazine rings is 1. The maximum atomic E-state index is 13.5. The van der Waals surface area contributed by atoms with Crippen molar-refractivity contribution in [1.29, 1.82) is 0 Å². The lowest BCUT2D eigenvalue weighted by molar-refractivity contribution is 0.00578. The van der Waals surface area contributed by atoms with Crippen molar-refractivity contribution >= 4 is 126 Å². The number of hydrogen-bond acceptors (Lipinski definition) is 24. The van der Waals surface area contributed by atoms with Crippen molar-refractivity contribution < 1.29 is 77.6 Å². The number of ether oxygens (including phenoxy) is 6. The zero-order valence-corrected chi connectivity index (χ0v) is 84.2. The molecule has 0 saturated carbocycles. The van der Waals surface area contributed by atoms with Crippen molar-refractivity contribution in [3.8, 4) is 119 Å². The summed E-state index contributed by atoms with van der Waals surface area (Å²) in [4.78, 5) is 61.4. The highest BCUT2D eigenvalue weighted by atomic mass is 35.5. The van der Waals surface area contributed by atoms with Crippen molar-refractivity contribution in [2.24, 2.45) is 0 Å². The zero-order chi connectivity index (χ0) is 98.8. The number of methoxy groups -OCH3 is 4. The first-order chi connectivity index (χ1) is 65.9. The summed E-state index contributed by atoms with van der Waals surface area (Å²) >= 11 is 18.6. The molecule has 10 heterocycles. The fraction of sp³-hybridized carbons (Fsp3) is 0.317. The molecule has 31 nitrogen and oxygen atoms in total. The van der Waals surface area contributed by atoms with Gasteiger partial charge in [0.25, 0.3) is 5.91 Å². The number of pyridine rings is 4. The van der Waals surface area contributed by atoms with Crippen molar-refractivity contribution in [1.82, 2.24) is 74.6 Å². The second-order valence-corrected chi connectivity index (χ2v) is 49.2. The van der Waals surface area contributed by atoms with E-state index in [1.807, 2.05) is 126 Å². The Morgan fingerprint density at radius 1 is 0.471 bits per heavy atom. The number of para-hydroxylation sites is 4. The van der Waals surface area contributed by atoms with Crippen molar-refractivity contribution in [3.63, 3.8) is 0 Å². The minimum absolute atomic E-state index is 0.0489. The number of carboxylic acid groups (broad SMARTS) is 2. The number of benzene rings is 7. The van der Waals surface area contributed by atoms with Gasteiger partial charge in [-0.1, -0.05) is 136 Å². The average molecular weight is 1970 g/mol. The lowest BCUT2D eigenvalue weighted by Gasteiger charge is -2.35. The number of nitrogens with one attached hydrogen (secondary N) is 2. The van der Waals surface area contributed by atoms with Crippen LogP contribution < -0.4 is 24.4 Å². The molecule has 138 heavy (non-hydrogen) atoms. The number of halogens is 3. The second-order valence-electron chi connectivity index (χ2n) is 36.7. The number of aromatic hydroxyl groups is 3. The first-order valence-electron chi connectivity index (χ1n) is 45.2. The Balaban J connectivity index is 0.000000148. The molecule has 0 unspecified atom stereocenters. The van der Waals surface area contributed by atoms with Gasteiger partial charge in [0, 0.05) is 159 Å². The molecule has 2 fully saturated rings. The number of aromatic amines is 2. The third-order valence-electron chi connectivity index (χ3n) is 24.6. The Labute approximate surface area is 817 Å². The van der Waals surface area contributed by atoms with Gasteiger partial charge in [0.2, 0.25) is 0 Å². The average Bonchev–Trinajstić information content (AvgIpc) is 1.60. The van der Waals surface area contributed by atoms with Crippen molar-refractivity contribution in [2.75, 3.05) is 94.0 Å². The zero-order valence-electron chi connectivity index (χ0n) is 80.0. The molecule has 0 radical (unpaired) electrons. The summed E-state index contributed by atoms with van der Waals surface area (Å²) in [6.45, 7) is 35.3. The Morgan fingerprint density at radius 2 is 0.833 bits per heavy atom. The second kappa shape index (κ2) is 43.5. The molecule has 7 N–H and O–H groups in total. The maximum Gasteiger partial charge on any atom is 0.496 e. The number of aromatic nitrogens is 12. The largest absolute Gasteiger partial charge is 0.506 e. The van der Waals surface area contributed by atoms with E-state index in [2.05, 4.69) is 132 Å². The quantitative estimate of drug-likeness (QED) is 0.0162. The summed E-state index contributed by atoms with van der Waals surface area (Å²) in [7, 11) is 3.60. The van der Waals surface area contributed by atoms with E-state index in [9.17, 15) is 39.9 Å². The molecule has 8 aromatic heterocycles. The van der Waals surface area contributed by atoms with Crippen LogP contribution in [0, 0.1) is 0 Å². The number of H-pyrrole nitrogens is 2. The highest BCUT2D eigenvalue weighted by molar-refractivity contribution is 6.76. The minimum atomic E-state index is -1.27. The van der Waals surface area contributed by atoms with Crippen molar-refractivity contribution in [3.05, 3.63) is 214 Å². The number of carbonyl (C=O) groups is 3. The fourth-order valence-corrected chi connectivity index (χ4v) is 18.1. The number of amides is 1. The van der Waals surface area contributed by atoms with Crippen LogP contribution in [0.25, 0.3) is 123 Å². The van der Waals surface area contributed by atoms with E-state index in [1.165, 1.54) is 24.3 Å². The summed E-state index contributed by atoms with van der Waals surface area (Å²) in [5.74, 6) is -1.10. The molecule has 2 aliphatic rings. The number of rotatable bonds is 30. The third-order valence-corrected chi connectivity index (χ3v) is 28.9. The van der Waals surface area contributed by atoms with Gasteiger partial charge in [-0.2, -0.15) is 20.4 Å². The van der Waals surface area contributed by atoms with Crippen LogP contribution >= 0.6 is 34.8 Å². The number of phenols is 3. The first-order valence-corrected chi connectivity index (χ1v) is 53.7. The Hall–Kier alpha value is -12.8. The highest BCUT2D eigenvalue weighted by Crippen LogP contribution is 2.45. The SMILES string of the molecule is CCN(CC)CCN1CCN(C(=O)c2cc(-c3cnc4n[nH]c(-c5ccccc5OC)c4c3)cc(Cl)c2O)CC1.COc1ccccc1-c1[nH]nc2ncc(-c3cc(Cl)c(O)c(C(=O)O)c3)cc12.COc1ccccc1-c1nn(COCC[Si](C)(C)C)c2ncc(-c3cc(Cl)c(O)c(C(=O)O)c3)cc12.COc1ccccc1-c1nn(COCC[Si](C)(C)C)c2ncc(B3OC(C)(C)C(C)(C)O3)cc12. The van der Waals surface area contributed by atoms with Gasteiger partial charge in [-0.15, -0.1) is 0 Å². The summed E-state index contributed by atoms with van der Waals surface area (Å²) in [5.41, 5.74) is 12.2. The van der Waals surface area contributed by atoms with Crippen LogP contribution in [0.2, 0.25) is 66.4 Å². The molecule has 2 saturated heterocycles. The number of carbonyl (C=O) groups excluding carboxylic acids is 1. The molecule has 15 aromatic rings. The van der Waals surface area contributed by atoms with E-state index < -0.39 is 57.9 Å². The Bertz CT molecular complexity index is 6940.